The molecule has 98 valence electrons. The fourth-order valence-electron chi connectivity index (χ4n) is 2.46. The van der Waals surface area contributed by atoms with Crippen LogP contribution >= 0.6 is 0 Å². The Morgan fingerprint density at radius 1 is 1.56 bits per heavy atom. The first kappa shape index (κ1) is 12.8. The first-order valence-corrected chi connectivity index (χ1v) is 6.21. The predicted octanol–water partition coefficient (Wildman–Crippen LogP) is 1.44. The van der Waals surface area contributed by atoms with E-state index in [1.54, 1.807) is 6.07 Å². The Kier molecular flexibility index (Phi) is 3.81. The number of pyridine rings is 1. The number of aryl methyl sites for hydroxylation is 1. The smallest absolute Gasteiger partial charge is 0.339 e. The van der Waals surface area contributed by atoms with Gasteiger partial charge in [0.2, 0.25) is 0 Å². The first-order valence-electron chi connectivity index (χ1n) is 6.21. The Labute approximate surface area is 106 Å². The lowest BCUT2D eigenvalue weighted by molar-refractivity contribution is 0.0696. The van der Waals surface area contributed by atoms with Gasteiger partial charge < -0.3 is 15.1 Å². The molecule has 0 aliphatic carbocycles. The van der Waals surface area contributed by atoms with Gasteiger partial charge in [0.05, 0.1) is 18.3 Å². The summed E-state index contributed by atoms with van der Waals surface area (Å²) in [4.78, 5) is 17.3. The number of carboxylic acids is 1. The highest BCUT2D eigenvalue weighted by atomic mass is 16.4. The third-order valence-electron chi connectivity index (χ3n) is 3.40. The number of anilines is 1. The maximum absolute atomic E-state index is 11.2. The van der Waals surface area contributed by atoms with E-state index in [4.69, 9.17) is 0 Å². The van der Waals surface area contributed by atoms with Gasteiger partial charge in [0.15, 0.2) is 0 Å². The van der Waals surface area contributed by atoms with Crippen LogP contribution < -0.4 is 4.90 Å². The summed E-state index contributed by atoms with van der Waals surface area (Å²) in [6, 6.07) is 1.80. The molecule has 5 heteroatoms. The van der Waals surface area contributed by atoms with Crippen molar-refractivity contribution in [1.29, 1.82) is 0 Å². The lowest BCUT2D eigenvalue weighted by atomic mass is 10.0. The molecule has 0 bridgehead atoms. The van der Waals surface area contributed by atoms with E-state index in [-0.39, 0.29) is 18.2 Å². The lowest BCUT2D eigenvalue weighted by Crippen LogP contribution is -2.42. The molecule has 5 nitrogen and oxygen atoms in total. The SMILES string of the molecule is Cc1cc(N2CCCCC2CO)c(C(=O)O)cn1. The third kappa shape index (κ3) is 2.46. The van der Waals surface area contributed by atoms with Crippen molar-refractivity contribution in [2.24, 2.45) is 0 Å². The lowest BCUT2D eigenvalue weighted by Gasteiger charge is -2.37. The number of aliphatic hydroxyl groups is 1. The summed E-state index contributed by atoms with van der Waals surface area (Å²) < 4.78 is 0. The van der Waals surface area contributed by atoms with Gasteiger partial charge in [-0.25, -0.2) is 4.79 Å². The summed E-state index contributed by atoms with van der Waals surface area (Å²) in [6.07, 6.45) is 4.40. The van der Waals surface area contributed by atoms with Gasteiger partial charge in [-0.05, 0) is 32.3 Å². The van der Waals surface area contributed by atoms with Gasteiger partial charge in [-0.2, -0.15) is 0 Å². The topological polar surface area (TPSA) is 73.7 Å². The second kappa shape index (κ2) is 5.35. The Hall–Kier alpha value is -1.62. The number of piperidine rings is 1. The Morgan fingerprint density at radius 2 is 2.33 bits per heavy atom. The van der Waals surface area contributed by atoms with E-state index in [1.165, 1.54) is 6.20 Å². The van der Waals surface area contributed by atoms with Gasteiger partial charge in [0.25, 0.3) is 0 Å². The molecule has 1 aliphatic rings. The highest BCUT2D eigenvalue weighted by Crippen LogP contribution is 2.28. The molecule has 0 aromatic carbocycles. The van der Waals surface area contributed by atoms with Gasteiger partial charge in [-0.15, -0.1) is 0 Å². The zero-order chi connectivity index (χ0) is 13.1. The molecule has 0 radical (unpaired) electrons. The molecule has 18 heavy (non-hydrogen) atoms. The maximum atomic E-state index is 11.2. The average Bonchev–Trinajstić information content (AvgIpc) is 2.38. The van der Waals surface area contributed by atoms with Crippen molar-refractivity contribution in [2.75, 3.05) is 18.1 Å². The van der Waals surface area contributed by atoms with E-state index in [9.17, 15) is 15.0 Å². The zero-order valence-corrected chi connectivity index (χ0v) is 10.5. The molecule has 0 saturated carbocycles. The molecule has 1 unspecified atom stereocenters. The van der Waals surface area contributed by atoms with Crippen molar-refractivity contribution in [2.45, 2.75) is 32.2 Å². The molecule has 1 aliphatic heterocycles. The molecule has 2 rings (SSSR count). The maximum Gasteiger partial charge on any atom is 0.339 e. The molecule has 1 saturated heterocycles. The monoisotopic (exact) mass is 250 g/mol. The molecule has 2 heterocycles. The minimum atomic E-state index is -0.972. The second-order valence-corrected chi connectivity index (χ2v) is 4.67. The van der Waals surface area contributed by atoms with E-state index < -0.39 is 5.97 Å². The normalized spacial score (nSPS) is 19.9. The summed E-state index contributed by atoms with van der Waals surface area (Å²) in [5.74, 6) is -0.972. The predicted molar refractivity (Wildman–Crippen MR) is 68.0 cm³/mol. The molecule has 0 amide bonds. The van der Waals surface area contributed by atoms with Crippen LogP contribution in [0.5, 0.6) is 0 Å². The van der Waals surface area contributed by atoms with Crippen molar-refractivity contribution in [3.05, 3.63) is 23.5 Å². The van der Waals surface area contributed by atoms with Crippen LogP contribution in [0.4, 0.5) is 5.69 Å². The Bertz CT molecular complexity index is 448. The fourth-order valence-corrected chi connectivity index (χ4v) is 2.46. The molecule has 1 aromatic heterocycles. The van der Waals surface area contributed by atoms with Crippen molar-refractivity contribution in [3.63, 3.8) is 0 Å². The number of aromatic nitrogens is 1. The molecule has 1 atom stereocenters. The highest BCUT2D eigenvalue weighted by molar-refractivity contribution is 5.94. The molecule has 1 aromatic rings. The van der Waals surface area contributed by atoms with Crippen LogP contribution in [-0.2, 0) is 0 Å². The van der Waals surface area contributed by atoms with Gasteiger partial charge in [0, 0.05) is 18.4 Å². The first-order chi connectivity index (χ1) is 8.63. The molecule has 0 spiro atoms. The number of carboxylic acid groups (broad SMARTS) is 1. The van der Waals surface area contributed by atoms with Gasteiger partial charge in [-0.3, -0.25) is 4.98 Å². The number of aliphatic hydroxyl groups excluding tert-OH is 1. The minimum Gasteiger partial charge on any atom is -0.478 e. The van der Waals surface area contributed by atoms with Crippen molar-refractivity contribution >= 4 is 11.7 Å². The van der Waals surface area contributed by atoms with Crippen LogP contribution in [0.3, 0.4) is 0 Å². The van der Waals surface area contributed by atoms with Gasteiger partial charge in [-0.1, -0.05) is 0 Å². The summed E-state index contributed by atoms with van der Waals surface area (Å²) in [7, 11) is 0. The van der Waals surface area contributed by atoms with Crippen LogP contribution in [0, 0.1) is 6.92 Å². The van der Waals surface area contributed by atoms with Crippen molar-refractivity contribution < 1.29 is 15.0 Å². The third-order valence-corrected chi connectivity index (χ3v) is 3.40. The number of hydrogen-bond donors (Lipinski definition) is 2. The van der Waals surface area contributed by atoms with Crippen LogP contribution in [0.2, 0.25) is 0 Å². The fraction of sp³-hybridized carbons (Fsp3) is 0.538. The molecular weight excluding hydrogens is 232 g/mol. The van der Waals surface area contributed by atoms with E-state index in [0.717, 1.165) is 31.5 Å². The largest absolute Gasteiger partial charge is 0.478 e. The summed E-state index contributed by atoms with van der Waals surface area (Å²) in [5, 5.41) is 18.6. The van der Waals surface area contributed by atoms with Crippen LogP contribution in [0.25, 0.3) is 0 Å². The zero-order valence-electron chi connectivity index (χ0n) is 10.5. The average molecular weight is 250 g/mol. The number of aromatic carboxylic acids is 1. The standard InChI is InChI=1S/C13H18N2O3/c1-9-6-12(11(7-14-9)13(17)18)15-5-3-2-4-10(15)8-16/h6-7,10,16H,2-5,8H2,1H3,(H,17,18). The van der Waals surface area contributed by atoms with E-state index >= 15 is 0 Å². The van der Waals surface area contributed by atoms with Crippen LogP contribution in [-0.4, -0.2) is 40.4 Å². The van der Waals surface area contributed by atoms with Gasteiger partial charge >= 0.3 is 5.97 Å². The molecule has 2 N–H and O–H groups in total. The quantitative estimate of drug-likeness (QED) is 0.849. The summed E-state index contributed by atoms with van der Waals surface area (Å²) >= 11 is 0. The van der Waals surface area contributed by atoms with Crippen molar-refractivity contribution in [1.82, 2.24) is 4.98 Å². The Morgan fingerprint density at radius 3 is 3.00 bits per heavy atom. The van der Waals surface area contributed by atoms with Crippen molar-refractivity contribution in [3.8, 4) is 0 Å². The number of nitrogens with zero attached hydrogens (tertiary/aromatic N) is 2. The summed E-state index contributed by atoms with van der Waals surface area (Å²) in [5.41, 5.74) is 1.67. The minimum absolute atomic E-state index is 0.0126. The number of carbonyl (C=O) groups is 1. The van der Waals surface area contributed by atoms with E-state index in [2.05, 4.69) is 4.98 Å². The number of rotatable bonds is 3. The van der Waals surface area contributed by atoms with Crippen LogP contribution in [0.15, 0.2) is 12.3 Å². The van der Waals surface area contributed by atoms with Gasteiger partial charge in [0.1, 0.15) is 5.56 Å². The number of hydrogen-bond acceptors (Lipinski definition) is 4. The summed E-state index contributed by atoms with van der Waals surface area (Å²) in [6.45, 7) is 2.68. The highest BCUT2D eigenvalue weighted by Gasteiger charge is 2.25. The van der Waals surface area contributed by atoms with E-state index in [1.807, 2.05) is 11.8 Å². The molecular formula is C13H18N2O3. The van der Waals surface area contributed by atoms with Crippen LogP contribution in [0.1, 0.15) is 35.3 Å². The Balaban J connectivity index is 2.41. The second-order valence-electron chi connectivity index (χ2n) is 4.67. The molecule has 1 fully saturated rings. The van der Waals surface area contributed by atoms with E-state index in [0.29, 0.717) is 5.69 Å².